The lowest BCUT2D eigenvalue weighted by molar-refractivity contribution is -0.161. The van der Waals surface area contributed by atoms with Gasteiger partial charge in [0, 0.05) is 25.7 Å². The lowest BCUT2D eigenvalue weighted by Crippen LogP contribution is -2.30. The van der Waals surface area contributed by atoms with Gasteiger partial charge >= 0.3 is 39.5 Å². The molecule has 0 fully saturated rings. The fraction of sp³-hybridized carbons (Fsp3) is 0.949. The summed E-state index contributed by atoms with van der Waals surface area (Å²) in [6.07, 6.45) is 58.4. The molecule has 0 aromatic carbocycles. The number of aliphatic hydroxyl groups excluding tert-OH is 1. The highest BCUT2D eigenvalue weighted by Crippen LogP contribution is 2.45. The molecule has 0 aromatic heterocycles. The number of unbranched alkanes of at least 4 members (excludes halogenated alkanes) is 47. The van der Waals surface area contributed by atoms with Gasteiger partial charge in [-0.05, 0) is 37.5 Å². The maximum atomic E-state index is 13.1. The zero-order chi connectivity index (χ0) is 71.4. The Bertz CT molecular complexity index is 1870. The molecule has 17 nitrogen and oxygen atoms in total. The van der Waals surface area contributed by atoms with E-state index in [1.165, 1.54) is 212 Å². The number of esters is 4. The molecule has 0 spiro atoms. The highest BCUT2D eigenvalue weighted by Gasteiger charge is 2.30. The van der Waals surface area contributed by atoms with E-state index in [1.54, 1.807) is 0 Å². The van der Waals surface area contributed by atoms with Gasteiger partial charge in [-0.1, -0.05) is 356 Å². The molecular formula is C78H152O17P2. The van der Waals surface area contributed by atoms with Crippen molar-refractivity contribution >= 4 is 39.5 Å². The van der Waals surface area contributed by atoms with Crippen molar-refractivity contribution in [2.75, 3.05) is 39.6 Å². The molecule has 0 amide bonds. The Hall–Kier alpha value is -1.94. The fourth-order valence-electron chi connectivity index (χ4n) is 12.0. The summed E-state index contributed by atoms with van der Waals surface area (Å²) in [5, 5.41) is 10.6. The summed E-state index contributed by atoms with van der Waals surface area (Å²) >= 11 is 0. The van der Waals surface area contributed by atoms with Gasteiger partial charge in [0.15, 0.2) is 12.2 Å². The molecule has 19 heteroatoms. The first kappa shape index (κ1) is 95.1. The Kier molecular flexibility index (Phi) is 68.4. The van der Waals surface area contributed by atoms with Crippen LogP contribution >= 0.6 is 15.6 Å². The van der Waals surface area contributed by atoms with E-state index in [9.17, 15) is 43.2 Å². The van der Waals surface area contributed by atoms with Crippen LogP contribution in [0, 0.1) is 11.8 Å². The van der Waals surface area contributed by atoms with Gasteiger partial charge in [-0.15, -0.1) is 0 Å². The number of carbonyl (C=O) groups is 4. The third-order valence-corrected chi connectivity index (χ3v) is 20.1. The maximum absolute atomic E-state index is 13.1. The average molecular weight is 1420 g/mol. The van der Waals surface area contributed by atoms with Crippen LogP contribution in [0.2, 0.25) is 0 Å². The van der Waals surface area contributed by atoms with Gasteiger partial charge in [0.1, 0.15) is 19.3 Å². The molecule has 0 saturated heterocycles. The SMILES string of the molecule is CCCCCCCCCCCCCCCCCCCCC(=O)OC[C@H](COP(=O)(O)OC[C@@H](O)COP(=O)(O)OC[C@@H](COC(=O)CCCCCCCCC)OC(=O)CCCCCCCCCCCCCC(C)C)OC(=O)CCCCCCCCCCCCCCCCCC(C)C. The second kappa shape index (κ2) is 69.8. The van der Waals surface area contributed by atoms with E-state index in [2.05, 4.69) is 41.5 Å². The minimum absolute atomic E-state index is 0.106. The Labute approximate surface area is 594 Å². The second-order valence-electron chi connectivity index (χ2n) is 29.1. The highest BCUT2D eigenvalue weighted by molar-refractivity contribution is 7.47. The van der Waals surface area contributed by atoms with Crippen LogP contribution in [0.25, 0.3) is 0 Å². The molecule has 0 saturated carbocycles. The van der Waals surface area contributed by atoms with Gasteiger partial charge in [0.2, 0.25) is 0 Å². The normalized spacial score (nSPS) is 14.0. The smallest absolute Gasteiger partial charge is 0.462 e. The summed E-state index contributed by atoms with van der Waals surface area (Å²) in [5.41, 5.74) is 0. The monoisotopic (exact) mass is 1420 g/mol. The number of hydrogen-bond donors (Lipinski definition) is 3. The molecule has 0 heterocycles. The molecule has 0 bridgehead atoms. The number of phosphoric acid groups is 2. The number of carbonyl (C=O) groups excluding carboxylic acids is 4. The molecule has 0 aromatic rings. The molecule has 0 rings (SSSR count). The molecule has 0 aliphatic rings. The minimum atomic E-state index is -4.96. The Morgan fingerprint density at radius 2 is 0.474 bits per heavy atom. The van der Waals surface area contributed by atoms with Crippen LogP contribution in [0.3, 0.4) is 0 Å². The third-order valence-electron chi connectivity index (χ3n) is 18.2. The van der Waals surface area contributed by atoms with Crippen LogP contribution in [0.1, 0.15) is 408 Å². The summed E-state index contributed by atoms with van der Waals surface area (Å²) in [5.74, 6) is -0.549. The molecule has 97 heavy (non-hydrogen) atoms. The molecule has 2 unspecified atom stereocenters. The molecule has 0 aliphatic carbocycles. The predicted molar refractivity (Wildman–Crippen MR) is 395 cm³/mol. The molecular weight excluding hydrogens is 1270 g/mol. The van der Waals surface area contributed by atoms with Crippen molar-refractivity contribution in [1.29, 1.82) is 0 Å². The van der Waals surface area contributed by atoms with Crippen molar-refractivity contribution in [2.45, 2.75) is 426 Å². The number of ether oxygens (including phenoxy) is 4. The topological polar surface area (TPSA) is 237 Å². The van der Waals surface area contributed by atoms with Crippen LogP contribution in [0.15, 0.2) is 0 Å². The van der Waals surface area contributed by atoms with Crippen molar-refractivity contribution in [1.82, 2.24) is 0 Å². The van der Waals surface area contributed by atoms with Gasteiger partial charge in [0.25, 0.3) is 0 Å². The standard InChI is InChI=1S/C78H152O17P2/c1-7-9-11-13-15-16-17-18-19-20-21-24-27-32-37-43-49-55-61-76(81)89-67-74(95-77(82)62-56-50-44-38-33-28-25-22-23-26-30-35-41-46-52-58-70(3)4)69-93-97(86,87)91-65-72(79)64-90-96(84,85)92-68-73(66-88-75(80)60-54-48-40-14-12-10-8-2)94-78(83)63-57-51-45-39-34-29-31-36-42-47-53-59-71(5)6/h70-74,79H,7-69H2,1-6H3,(H,84,85)(H,86,87)/t72-,73+,74+/m0/s1. The summed E-state index contributed by atoms with van der Waals surface area (Å²) in [6.45, 7) is 9.60. The molecule has 0 radical (unpaired) electrons. The van der Waals surface area contributed by atoms with Crippen LogP contribution in [-0.2, 0) is 65.4 Å². The minimum Gasteiger partial charge on any atom is -0.462 e. The first-order valence-electron chi connectivity index (χ1n) is 40.5. The fourth-order valence-corrected chi connectivity index (χ4v) is 13.6. The van der Waals surface area contributed by atoms with E-state index in [4.69, 9.17) is 37.0 Å². The van der Waals surface area contributed by atoms with E-state index in [-0.39, 0.29) is 25.7 Å². The van der Waals surface area contributed by atoms with E-state index < -0.39 is 97.5 Å². The zero-order valence-corrected chi connectivity index (χ0v) is 65.2. The van der Waals surface area contributed by atoms with Crippen molar-refractivity contribution < 1.29 is 80.2 Å². The summed E-state index contributed by atoms with van der Waals surface area (Å²) < 4.78 is 68.5. The van der Waals surface area contributed by atoms with E-state index in [0.29, 0.717) is 25.7 Å². The first-order chi connectivity index (χ1) is 46.9. The van der Waals surface area contributed by atoms with Gasteiger partial charge in [-0.25, -0.2) is 9.13 Å². The lowest BCUT2D eigenvalue weighted by atomic mass is 10.0. The van der Waals surface area contributed by atoms with Crippen LogP contribution in [0.4, 0.5) is 0 Å². The van der Waals surface area contributed by atoms with E-state index in [0.717, 1.165) is 115 Å². The Balaban J connectivity index is 5.19. The second-order valence-corrected chi connectivity index (χ2v) is 32.0. The molecule has 3 N–H and O–H groups in total. The zero-order valence-electron chi connectivity index (χ0n) is 63.4. The average Bonchev–Trinajstić information content (AvgIpc) is 1.43. The number of aliphatic hydroxyl groups is 1. The van der Waals surface area contributed by atoms with Gasteiger partial charge < -0.3 is 33.8 Å². The number of hydrogen-bond acceptors (Lipinski definition) is 15. The van der Waals surface area contributed by atoms with E-state index in [1.807, 2.05) is 0 Å². The Morgan fingerprint density at radius 3 is 0.701 bits per heavy atom. The molecule has 0 aliphatic heterocycles. The van der Waals surface area contributed by atoms with Crippen molar-refractivity contribution in [2.24, 2.45) is 11.8 Å². The maximum Gasteiger partial charge on any atom is 0.472 e. The number of rotatable bonds is 77. The third kappa shape index (κ3) is 72.2. The molecule has 5 atom stereocenters. The van der Waals surface area contributed by atoms with Gasteiger partial charge in [-0.3, -0.25) is 37.3 Å². The van der Waals surface area contributed by atoms with Gasteiger partial charge in [-0.2, -0.15) is 0 Å². The van der Waals surface area contributed by atoms with Crippen molar-refractivity contribution in [3.8, 4) is 0 Å². The largest absolute Gasteiger partial charge is 0.472 e. The lowest BCUT2D eigenvalue weighted by Gasteiger charge is -2.21. The molecule has 576 valence electrons. The summed E-state index contributed by atoms with van der Waals surface area (Å²) in [4.78, 5) is 72.8. The van der Waals surface area contributed by atoms with Gasteiger partial charge in [0.05, 0.1) is 26.4 Å². The predicted octanol–water partition coefficient (Wildman–Crippen LogP) is 23.1. The van der Waals surface area contributed by atoms with Crippen molar-refractivity contribution in [3.05, 3.63) is 0 Å². The Morgan fingerprint density at radius 1 is 0.278 bits per heavy atom. The van der Waals surface area contributed by atoms with Crippen molar-refractivity contribution in [3.63, 3.8) is 0 Å². The summed E-state index contributed by atoms with van der Waals surface area (Å²) in [6, 6.07) is 0. The quantitative estimate of drug-likeness (QED) is 0.0222. The van der Waals surface area contributed by atoms with Crippen LogP contribution in [-0.4, -0.2) is 96.7 Å². The summed E-state index contributed by atoms with van der Waals surface area (Å²) in [7, 11) is -9.91. The highest BCUT2D eigenvalue weighted by atomic mass is 31.2. The van der Waals surface area contributed by atoms with E-state index >= 15 is 0 Å². The number of phosphoric ester groups is 2. The first-order valence-corrected chi connectivity index (χ1v) is 43.5. The van der Waals surface area contributed by atoms with Crippen LogP contribution in [0.5, 0.6) is 0 Å². The van der Waals surface area contributed by atoms with Crippen LogP contribution < -0.4 is 0 Å².